The molecule has 3 aromatic rings. The summed E-state index contributed by atoms with van der Waals surface area (Å²) in [5.41, 5.74) is 2.04. The average molecular weight is 313 g/mol. The van der Waals surface area contributed by atoms with E-state index in [0.29, 0.717) is 0 Å². The minimum absolute atomic E-state index is 0.757. The van der Waals surface area contributed by atoms with Crippen LogP contribution in [0.1, 0.15) is 23.2 Å². The minimum Gasteiger partial charge on any atom is -0.350 e. The van der Waals surface area contributed by atoms with Crippen molar-refractivity contribution in [2.24, 2.45) is 0 Å². The fraction of sp³-hybridized carbons (Fsp3) is 0.312. The molecule has 0 saturated heterocycles. The van der Waals surface area contributed by atoms with Crippen LogP contribution in [0, 0.1) is 13.8 Å². The topological polar surface area (TPSA) is 46.8 Å². The van der Waals surface area contributed by atoms with Gasteiger partial charge >= 0.3 is 0 Å². The van der Waals surface area contributed by atoms with E-state index in [1.807, 2.05) is 30.8 Å². The Labute approximate surface area is 134 Å². The second-order valence-electron chi connectivity index (χ2n) is 5.17. The molecule has 3 heterocycles. The van der Waals surface area contributed by atoms with E-state index in [2.05, 4.69) is 39.4 Å². The van der Waals surface area contributed by atoms with Crippen LogP contribution in [0.2, 0.25) is 0 Å². The Balaban J connectivity index is 1.91. The summed E-state index contributed by atoms with van der Waals surface area (Å²) in [6.07, 6.45) is 3.56. The smallest absolute Gasteiger partial charge is 0.174 e. The third kappa shape index (κ3) is 3.01. The second kappa shape index (κ2) is 6.27. The molecular weight excluding hydrogens is 294 g/mol. The molecule has 0 atom stereocenters. The van der Waals surface area contributed by atoms with Gasteiger partial charge in [0.05, 0.1) is 24.6 Å². The summed E-state index contributed by atoms with van der Waals surface area (Å²) < 4.78 is 1.84. The van der Waals surface area contributed by atoms with Gasteiger partial charge in [0.2, 0.25) is 0 Å². The number of thiophene rings is 1. The zero-order valence-corrected chi connectivity index (χ0v) is 13.8. The zero-order chi connectivity index (χ0) is 15.5. The molecule has 114 valence electrons. The van der Waals surface area contributed by atoms with E-state index in [1.165, 1.54) is 4.88 Å². The quantitative estimate of drug-likeness (QED) is 0.724. The predicted octanol–water partition coefficient (Wildman–Crippen LogP) is 3.37. The highest BCUT2D eigenvalue weighted by Gasteiger charge is 2.11. The van der Waals surface area contributed by atoms with Crippen LogP contribution in [0.15, 0.2) is 36.0 Å². The van der Waals surface area contributed by atoms with Gasteiger partial charge in [0.25, 0.3) is 0 Å². The first-order chi connectivity index (χ1) is 10.7. The number of rotatable bonds is 5. The number of aryl methyl sites for hydroxylation is 2. The molecule has 6 heteroatoms. The first-order valence-electron chi connectivity index (χ1n) is 7.30. The van der Waals surface area contributed by atoms with Crippen molar-refractivity contribution in [3.63, 3.8) is 0 Å². The summed E-state index contributed by atoms with van der Waals surface area (Å²) in [5, 5.41) is 6.58. The van der Waals surface area contributed by atoms with Gasteiger partial charge in [-0.1, -0.05) is 6.07 Å². The fourth-order valence-corrected chi connectivity index (χ4v) is 3.13. The standard InChI is InChI=1S/C16H19N5S/c1-4-20(11-14-6-5-7-22-14)15-9-17-10-16(18-15)21-13(3)8-12(2)19-21/h5-10H,4,11H2,1-3H3. The number of nitrogens with zero attached hydrogens (tertiary/aromatic N) is 5. The number of hydrogen-bond acceptors (Lipinski definition) is 5. The molecule has 0 aliphatic rings. The Kier molecular flexibility index (Phi) is 4.20. The van der Waals surface area contributed by atoms with Crippen LogP contribution in [0.3, 0.4) is 0 Å². The van der Waals surface area contributed by atoms with Crippen molar-refractivity contribution in [2.75, 3.05) is 11.4 Å². The van der Waals surface area contributed by atoms with Crippen molar-refractivity contribution in [2.45, 2.75) is 27.3 Å². The second-order valence-corrected chi connectivity index (χ2v) is 6.20. The summed E-state index contributed by atoms with van der Waals surface area (Å²) in [4.78, 5) is 12.6. The van der Waals surface area contributed by atoms with Crippen LogP contribution < -0.4 is 4.90 Å². The van der Waals surface area contributed by atoms with Crippen molar-refractivity contribution in [3.8, 4) is 5.82 Å². The fourth-order valence-electron chi connectivity index (χ4n) is 2.41. The lowest BCUT2D eigenvalue weighted by Gasteiger charge is -2.21. The summed E-state index contributed by atoms with van der Waals surface area (Å²) >= 11 is 1.76. The molecule has 0 N–H and O–H groups in total. The van der Waals surface area contributed by atoms with E-state index in [-0.39, 0.29) is 0 Å². The molecule has 3 aromatic heterocycles. The SMILES string of the molecule is CCN(Cc1cccs1)c1cncc(-n2nc(C)cc2C)n1. The first-order valence-corrected chi connectivity index (χ1v) is 8.18. The lowest BCUT2D eigenvalue weighted by molar-refractivity contribution is 0.773. The van der Waals surface area contributed by atoms with Crippen LogP contribution in [0.25, 0.3) is 5.82 Å². The van der Waals surface area contributed by atoms with E-state index in [9.17, 15) is 0 Å². The van der Waals surface area contributed by atoms with Crippen molar-refractivity contribution < 1.29 is 0 Å². The summed E-state index contributed by atoms with van der Waals surface area (Å²) in [6, 6.07) is 6.26. The summed E-state index contributed by atoms with van der Waals surface area (Å²) in [5.74, 6) is 1.63. The van der Waals surface area contributed by atoms with Gasteiger partial charge < -0.3 is 4.90 Å². The van der Waals surface area contributed by atoms with E-state index < -0.39 is 0 Å². The van der Waals surface area contributed by atoms with Crippen LogP contribution in [-0.2, 0) is 6.54 Å². The van der Waals surface area contributed by atoms with Crippen molar-refractivity contribution >= 4 is 17.2 Å². The largest absolute Gasteiger partial charge is 0.350 e. The van der Waals surface area contributed by atoms with Gasteiger partial charge in [0.15, 0.2) is 5.82 Å². The lowest BCUT2D eigenvalue weighted by atomic mass is 10.4. The lowest BCUT2D eigenvalue weighted by Crippen LogP contribution is -2.23. The van der Waals surface area contributed by atoms with Gasteiger partial charge in [-0.3, -0.25) is 4.98 Å². The highest BCUT2D eigenvalue weighted by Crippen LogP contribution is 2.18. The van der Waals surface area contributed by atoms with Crippen molar-refractivity contribution in [1.29, 1.82) is 0 Å². The molecule has 0 unspecified atom stereocenters. The number of aromatic nitrogens is 4. The van der Waals surface area contributed by atoms with Crippen LogP contribution >= 0.6 is 11.3 Å². The number of hydrogen-bond donors (Lipinski definition) is 0. The van der Waals surface area contributed by atoms with E-state index in [0.717, 1.165) is 36.1 Å². The summed E-state index contributed by atoms with van der Waals surface area (Å²) in [7, 11) is 0. The molecule has 0 amide bonds. The summed E-state index contributed by atoms with van der Waals surface area (Å²) in [6.45, 7) is 7.87. The van der Waals surface area contributed by atoms with Gasteiger partial charge in [-0.2, -0.15) is 5.10 Å². The average Bonchev–Trinajstić information content (AvgIpc) is 3.14. The van der Waals surface area contributed by atoms with Crippen LogP contribution in [0.5, 0.6) is 0 Å². The van der Waals surface area contributed by atoms with Gasteiger partial charge in [-0.25, -0.2) is 9.67 Å². The molecule has 0 aliphatic heterocycles. The maximum absolute atomic E-state index is 4.74. The van der Waals surface area contributed by atoms with Gasteiger partial charge in [-0.05, 0) is 38.3 Å². The molecule has 0 radical (unpaired) electrons. The molecule has 0 spiro atoms. The molecule has 0 fully saturated rings. The van der Waals surface area contributed by atoms with Crippen LogP contribution in [0.4, 0.5) is 5.82 Å². The Bertz CT molecular complexity index is 748. The Hall–Kier alpha value is -2.21. The third-order valence-corrected chi connectivity index (χ3v) is 4.33. The Morgan fingerprint density at radius 3 is 2.77 bits per heavy atom. The van der Waals surface area contributed by atoms with Crippen LogP contribution in [-0.4, -0.2) is 26.3 Å². The molecule has 0 bridgehead atoms. The van der Waals surface area contributed by atoms with Gasteiger partial charge in [-0.15, -0.1) is 11.3 Å². The molecule has 22 heavy (non-hydrogen) atoms. The van der Waals surface area contributed by atoms with Crippen molar-refractivity contribution in [1.82, 2.24) is 19.7 Å². The predicted molar refractivity (Wildman–Crippen MR) is 89.7 cm³/mol. The molecule has 0 saturated carbocycles. The molecule has 0 aromatic carbocycles. The Morgan fingerprint density at radius 2 is 2.14 bits per heavy atom. The van der Waals surface area contributed by atoms with E-state index in [1.54, 1.807) is 17.5 Å². The van der Waals surface area contributed by atoms with Crippen molar-refractivity contribution in [3.05, 3.63) is 52.2 Å². The Morgan fingerprint density at radius 1 is 1.27 bits per heavy atom. The zero-order valence-electron chi connectivity index (χ0n) is 13.0. The maximum Gasteiger partial charge on any atom is 0.174 e. The van der Waals surface area contributed by atoms with Gasteiger partial charge in [0, 0.05) is 17.1 Å². The molecular formula is C16H19N5S. The molecule has 3 rings (SSSR count). The van der Waals surface area contributed by atoms with Gasteiger partial charge in [0.1, 0.15) is 5.82 Å². The third-order valence-electron chi connectivity index (χ3n) is 3.47. The number of anilines is 1. The van der Waals surface area contributed by atoms with E-state index >= 15 is 0 Å². The monoisotopic (exact) mass is 313 g/mol. The first kappa shape index (κ1) is 14.7. The maximum atomic E-state index is 4.74. The molecule has 5 nitrogen and oxygen atoms in total. The molecule has 0 aliphatic carbocycles. The highest BCUT2D eigenvalue weighted by molar-refractivity contribution is 7.09. The normalized spacial score (nSPS) is 10.9. The minimum atomic E-state index is 0.757. The highest BCUT2D eigenvalue weighted by atomic mass is 32.1. The van der Waals surface area contributed by atoms with E-state index in [4.69, 9.17) is 4.98 Å².